The maximum absolute atomic E-state index is 12.1. The van der Waals surface area contributed by atoms with Crippen LogP contribution in [0.4, 0.5) is 0 Å². The Labute approximate surface area is 197 Å². The lowest BCUT2D eigenvalue weighted by molar-refractivity contribution is 0.313. The summed E-state index contributed by atoms with van der Waals surface area (Å²) in [7, 11) is -4.18. The van der Waals surface area contributed by atoms with Gasteiger partial charge in [0.25, 0.3) is 10.1 Å². The lowest BCUT2D eigenvalue weighted by Crippen LogP contribution is -2.13. The molecule has 1 atom stereocenters. The number of hydrogen-bond acceptors (Lipinski definition) is 4. The second kappa shape index (κ2) is 14.3. The van der Waals surface area contributed by atoms with Crippen LogP contribution in [0.3, 0.4) is 0 Å². The lowest BCUT2D eigenvalue weighted by Gasteiger charge is -2.18. The van der Waals surface area contributed by atoms with Gasteiger partial charge in [-0.1, -0.05) is 94.8 Å². The molecule has 0 aliphatic heterocycles. The first-order chi connectivity index (χ1) is 15.5. The summed E-state index contributed by atoms with van der Waals surface area (Å²) in [6, 6.07) is 15.3. The van der Waals surface area contributed by atoms with Gasteiger partial charge < -0.3 is 4.74 Å². The molecule has 3 rings (SSSR count). The van der Waals surface area contributed by atoms with Crippen LogP contribution in [-0.2, 0) is 10.1 Å². The van der Waals surface area contributed by atoms with Crippen LogP contribution in [0.2, 0.25) is 0 Å². The van der Waals surface area contributed by atoms with Crippen molar-refractivity contribution in [2.45, 2.75) is 70.5 Å². The highest BCUT2D eigenvalue weighted by Gasteiger charge is 2.27. The molecule has 1 unspecified atom stereocenters. The molecule has 0 aliphatic rings. The van der Waals surface area contributed by atoms with Gasteiger partial charge in [-0.05, 0) is 40.6 Å². The topological polar surface area (TPSA) is 63.6 Å². The fourth-order valence-electron chi connectivity index (χ4n) is 3.65. The van der Waals surface area contributed by atoms with Gasteiger partial charge in [0.15, 0.2) is 0 Å². The van der Waals surface area contributed by atoms with E-state index >= 15 is 0 Å². The molecule has 1 heterocycles. The normalized spacial score (nSPS) is 12.2. The number of benzene rings is 2. The largest absolute Gasteiger partial charge is 0.493 e. The monoisotopic (exact) mass is 476 g/mol. The van der Waals surface area contributed by atoms with Gasteiger partial charge in [-0.3, -0.25) is 4.55 Å². The Balaban J connectivity index is 0.000000636. The van der Waals surface area contributed by atoms with E-state index < -0.39 is 15.4 Å². The van der Waals surface area contributed by atoms with E-state index in [-0.39, 0.29) is 0 Å². The fraction of sp³-hybridized carbons (Fsp3) is 0.462. The minimum absolute atomic E-state index is 0.433. The van der Waals surface area contributed by atoms with Gasteiger partial charge >= 0.3 is 0 Å². The summed E-state index contributed by atoms with van der Waals surface area (Å²) in [4.78, 5) is 0. The van der Waals surface area contributed by atoms with Gasteiger partial charge in [-0.15, -0.1) is 0 Å². The smallest absolute Gasteiger partial charge is 0.272 e. The Bertz CT molecular complexity index is 981. The van der Waals surface area contributed by atoms with Crippen LogP contribution in [0.15, 0.2) is 59.3 Å². The van der Waals surface area contributed by atoms with E-state index in [1.54, 1.807) is 17.4 Å². The molecule has 0 spiro atoms. The second-order valence-corrected chi connectivity index (χ2v) is 10.3. The average Bonchev–Trinajstić information content (AvgIpc) is 3.36. The lowest BCUT2D eigenvalue weighted by atomic mass is 9.98. The van der Waals surface area contributed by atoms with Crippen LogP contribution >= 0.6 is 11.3 Å². The minimum atomic E-state index is -4.18. The number of rotatable bonds is 12. The number of fused-ring (bicyclic) bond motifs is 1. The summed E-state index contributed by atoms with van der Waals surface area (Å²) in [6.07, 6.45) is 7.63. The minimum Gasteiger partial charge on any atom is -0.493 e. The third-order valence-electron chi connectivity index (χ3n) is 5.37. The van der Waals surface area contributed by atoms with E-state index in [2.05, 4.69) is 13.8 Å². The maximum atomic E-state index is 12.1. The molecular weight excluding hydrogens is 440 g/mol. The molecule has 0 fully saturated rings. The van der Waals surface area contributed by atoms with E-state index in [4.69, 9.17) is 4.74 Å². The molecule has 1 aromatic heterocycles. The van der Waals surface area contributed by atoms with Crippen molar-refractivity contribution in [3.8, 4) is 5.75 Å². The Kier molecular flexibility index (Phi) is 11.8. The van der Waals surface area contributed by atoms with E-state index in [0.717, 1.165) is 61.5 Å². The Morgan fingerprint density at radius 3 is 2.09 bits per heavy atom. The summed E-state index contributed by atoms with van der Waals surface area (Å²) in [5.41, 5.74) is 0.659. The highest BCUT2D eigenvalue weighted by Crippen LogP contribution is 2.37. The van der Waals surface area contributed by atoms with Crippen molar-refractivity contribution in [3.05, 3.63) is 64.9 Å². The SMILES string of the molecule is CCCCCCCC(c1ccc(OCCCC)c2ccccc12)S(=O)(=O)O.c1ccsc1. The molecule has 6 heteroatoms. The summed E-state index contributed by atoms with van der Waals surface area (Å²) >= 11 is 1.71. The molecule has 0 saturated heterocycles. The Morgan fingerprint density at radius 2 is 1.50 bits per heavy atom. The molecule has 176 valence electrons. The molecule has 4 nitrogen and oxygen atoms in total. The fourth-order valence-corrected chi connectivity index (χ4v) is 5.10. The van der Waals surface area contributed by atoms with Crippen LogP contribution < -0.4 is 4.74 Å². The van der Waals surface area contributed by atoms with E-state index in [9.17, 15) is 13.0 Å². The van der Waals surface area contributed by atoms with Gasteiger partial charge in [-0.25, -0.2) is 0 Å². The number of hydrogen-bond donors (Lipinski definition) is 1. The van der Waals surface area contributed by atoms with Crippen LogP contribution in [-0.4, -0.2) is 19.6 Å². The molecule has 0 amide bonds. The van der Waals surface area contributed by atoms with Crippen molar-refractivity contribution in [3.63, 3.8) is 0 Å². The van der Waals surface area contributed by atoms with Gasteiger partial charge in [0.05, 0.1) is 6.61 Å². The van der Waals surface area contributed by atoms with Gasteiger partial charge in [-0.2, -0.15) is 19.8 Å². The number of ether oxygens (including phenoxy) is 1. The molecule has 0 aliphatic carbocycles. The second-order valence-electron chi connectivity index (χ2n) is 7.90. The zero-order chi connectivity index (χ0) is 23.2. The molecule has 0 radical (unpaired) electrons. The van der Waals surface area contributed by atoms with Crippen LogP contribution in [0.1, 0.15) is 76.0 Å². The van der Waals surface area contributed by atoms with Crippen molar-refractivity contribution in [1.29, 1.82) is 0 Å². The highest BCUT2D eigenvalue weighted by atomic mass is 32.2. The summed E-state index contributed by atoms with van der Waals surface area (Å²) in [5.74, 6) is 0.764. The first-order valence-corrected chi connectivity index (χ1v) is 14.0. The highest BCUT2D eigenvalue weighted by molar-refractivity contribution is 7.86. The van der Waals surface area contributed by atoms with Crippen LogP contribution in [0.25, 0.3) is 10.8 Å². The Hall–Kier alpha value is -1.89. The predicted molar refractivity (Wildman–Crippen MR) is 136 cm³/mol. The number of thiophene rings is 1. The summed E-state index contributed by atoms with van der Waals surface area (Å²) < 4.78 is 40.0. The summed E-state index contributed by atoms with van der Waals surface area (Å²) in [6.45, 7) is 4.90. The van der Waals surface area contributed by atoms with Crippen molar-refractivity contribution in [1.82, 2.24) is 0 Å². The van der Waals surface area contributed by atoms with Gasteiger partial charge in [0.2, 0.25) is 0 Å². The van der Waals surface area contributed by atoms with E-state index in [1.807, 2.05) is 53.2 Å². The van der Waals surface area contributed by atoms with Crippen LogP contribution in [0, 0.1) is 0 Å². The summed E-state index contributed by atoms with van der Waals surface area (Å²) in [5, 5.41) is 4.92. The third-order valence-corrected chi connectivity index (χ3v) is 7.21. The third kappa shape index (κ3) is 8.57. The molecule has 3 aromatic rings. The molecule has 2 aromatic carbocycles. The van der Waals surface area contributed by atoms with E-state index in [0.29, 0.717) is 18.6 Å². The van der Waals surface area contributed by atoms with Crippen molar-refractivity contribution in [2.24, 2.45) is 0 Å². The number of unbranched alkanes of at least 4 members (excludes halogenated alkanes) is 5. The first-order valence-electron chi connectivity index (χ1n) is 11.6. The molecule has 0 bridgehead atoms. The van der Waals surface area contributed by atoms with Gasteiger partial charge in [0, 0.05) is 5.39 Å². The van der Waals surface area contributed by atoms with Crippen molar-refractivity contribution in [2.75, 3.05) is 6.61 Å². The van der Waals surface area contributed by atoms with Gasteiger partial charge in [0.1, 0.15) is 11.0 Å². The molecule has 0 saturated carbocycles. The van der Waals surface area contributed by atoms with E-state index in [1.165, 1.54) is 0 Å². The standard InChI is InChI=1S/C22H32O4S.C4H4S/c1-3-5-7-8-9-14-22(27(23,24)25)20-15-16-21(26-17-6-4-2)19-13-11-10-12-18(19)20;1-2-4-5-3-1/h10-13,15-16,22H,3-9,14,17H2,1-2H3,(H,23,24,25);1-4H. The maximum Gasteiger partial charge on any atom is 0.272 e. The van der Waals surface area contributed by atoms with Crippen LogP contribution in [0.5, 0.6) is 5.75 Å². The first kappa shape index (κ1) is 26.4. The molecular formula is C26H36O4S2. The van der Waals surface area contributed by atoms with Crippen molar-refractivity contribution >= 4 is 32.2 Å². The zero-order valence-corrected chi connectivity index (χ0v) is 20.8. The quantitative estimate of drug-likeness (QED) is 0.212. The Morgan fingerprint density at radius 1 is 0.844 bits per heavy atom. The van der Waals surface area contributed by atoms with Crippen molar-refractivity contribution < 1.29 is 17.7 Å². The zero-order valence-electron chi connectivity index (χ0n) is 19.2. The molecule has 1 N–H and O–H groups in total. The average molecular weight is 477 g/mol. The molecule has 32 heavy (non-hydrogen) atoms. The predicted octanol–water partition coefficient (Wildman–Crippen LogP) is 8.06.